The molecule has 14 heteroatoms. The summed E-state index contributed by atoms with van der Waals surface area (Å²) in [5.74, 6) is -29.1. The van der Waals surface area contributed by atoms with Gasteiger partial charge < -0.3 is 0 Å². The van der Waals surface area contributed by atoms with Crippen LogP contribution in [-0.2, 0) is 4.74 Å². The van der Waals surface area contributed by atoms with Gasteiger partial charge in [-0.2, -0.15) is 52.7 Å². The second-order valence-electron chi connectivity index (χ2n) is 4.07. The molecule has 0 aliphatic carbocycles. The van der Waals surface area contributed by atoms with Gasteiger partial charge in [0, 0.05) is 0 Å². The lowest BCUT2D eigenvalue weighted by Crippen LogP contribution is -2.69. The fourth-order valence-electron chi connectivity index (χ4n) is 1.20. The SMILES string of the molecule is CCC(F)C(F)(F)C(F)(F)C(F)(F)C(F)(F)C(F)(F)O[C](F)F. The third-order valence-electron chi connectivity index (χ3n) is 2.53. The van der Waals surface area contributed by atoms with Crippen LogP contribution in [0.15, 0.2) is 0 Å². The van der Waals surface area contributed by atoms with Gasteiger partial charge in [0.05, 0.1) is 0 Å². The predicted octanol–water partition coefficient (Wildman–Crippen LogP) is 5.27. The number of alkyl halides is 11. The minimum atomic E-state index is -7.65. The molecule has 0 amide bonds. The molecule has 0 aromatic rings. The van der Waals surface area contributed by atoms with E-state index in [4.69, 9.17) is 0 Å². The standard InChI is InChI=1S/C9H6F13O/c1-2-3(10)5(13,14)6(15,16)7(17,18)8(19,20)9(21,22)23-4(11)12/h3H,2H2,1H3. The van der Waals surface area contributed by atoms with Crippen LogP contribution in [0.5, 0.6) is 0 Å². The van der Waals surface area contributed by atoms with Crippen molar-refractivity contribution in [3.8, 4) is 0 Å². The minimum Gasteiger partial charge on any atom is -0.243 e. The highest BCUT2D eigenvalue weighted by Gasteiger charge is 2.88. The van der Waals surface area contributed by atoms with Gasteiger partial charge in [0.1, 0.15) is 0 Å². The first-order chi connectivity index (χ1) is 9.90. The van der Waals surface area contributed by atoms with Crippen molar-refractivity contribution >= 4 is 0 Å². The van der Waals surface area contributed by atoms with Gasteiger partial charge in [-0.25, -0.2) is 9.13 Å². The van der Waals surface area contributed by atoms with Gasteiger partial charge in [0.25, 0.3) is 0 Å². The Morgan fingerprint density at radius 2 is 1.17 bits per heavy atom. The predicted molar refractivity (Wildman–Crippen MR) is 46.5 cm³/mol. The molecule has 0 aliphatic heterocycles. The molecule has 1 unspecified atom stereocenters. The summed E-state index contributed by atoms with van der Waals surface area (Å²) in [6, 6.07) is 0. The molecule has 0 saturated carbocycles. The van der Waals surface area contributed by atoms with Crippen LogP contribution < -0.4 is 0 Å². The number of hydrogen-bond donors (Lipinski definition) is 0. The molecule has 0 bridgehead atoms. The van der Waals surface area contributed by atoms with Gasteiger partial charge in [0.15, 0.2) is 6.17 Å². The Morgan fingerprint density at radius 1 is 0.783 bits per heavy atom. The highest BCUT2D eigenvalue weighted by Crippen LogP contribution is 2.58. The van der Waals surface area contributed by atoms with Crippen molar-refractivity contribution < 1.29 is 61.8 Å². The van der Waals surface area contributed by atoms with Crippen LogP contribution in [0.25, 0.3) is 0 Å². The second kappa shape index (κ2) is 6.16. The summed E-state index contributed by atoms with van der Waals surface area (Å²) in [5.41, 5.74) is 0. The summed E-state index contributed by atoms with van der Waals surface area (Å²) < 4.78 is 166. The van der Waals surface area contributed by atoms with Crippen molar-refractivity contribution in [2.45, 2.75) is 49.3 Å². The largest absolute Gasteiger partial charge is 0.453 e. The van der Waals surface area contributed by atoms with E-state index in [1.807, 2.05) is 0 Å². The molecule has 0 N–H and O–H groups in total. The molecule has 0 aromatic carbocycles. The van der Waals surface area contributed by atoms with Crippen LogP contribution in [0.2, 0.25) is 0 Å². The number of halogens is 13. The van der Waals surface area contributed by atoms with E-state index in [-0.39, 0.29) is 0 Å². The van der Waals surface area contributed by atoms with Crippen molar-refractivity contribution in [2.24, 2.45) is 0 Å². The lowest BCUT2D eigenvalue weighted by atomic mass is 9.94. The maximum atomic E-state index is 13.0. The van der Waals surface area contributed by atoms with E-state index >= 15 is 0 Å². The molecule has 0 aliphatic rings. The summed E-state index contributed by atoms with van der Waals surface area (Å²) in [6.45, 7) is -3.59. The normalized spacial score (nSPS) is 16.8. The zero-order chi connectivity index (χ0) is 19.1. The quantitative estimate of drug-likeness (QED) is 0.524. The molecule has 0 saturated heterocycles. The van der Waals surface area contributed by atoms with Gasteiger partial charge in [-0.3, -0.25) is 0 Å². The van der Waals surface area contributed by atoms with Crippen LogP contribution >= 0.6 is 0 Å². The summed E-state index contributed by atoms with van der Waals surface area (Å²) in [4.78, 5) is 0. The van der Waals surface area contributed by atoms with Crippen molar-refractivity contribution in [3.63, 3.8) is 0 Å². The van der Waals surface area contributed by atoms with E-state index in [2.05, 4.69) is 0 Å². The van der Waals surface area contributed by atoms with E-state index in [1.54, 1.807) is 4.74 Å². The highest BCUT2D eigenvalue weighted by atomic mass is 19.4. The summed E-state index contributed by atoms with van der Waals surface area (Å²) in [5, 5.41) is 0. The highest BCUT2D eigenvalue weighted by molar-refractivity contribution is 5.08. The van der Waals surface area contributed by atoms with Crippen molar-refractivity contribution in [1.29, 1.82) is 0 Å². The van der Waals surface area contributed by atoms with Crippen molar-refractivity contribution in [2.75, 3.05) is 0 Å². The number of hydrogen-bond acceptors (Lipinski definition) is 1. The second-order valence-corrected chi connectivity index (χ2v) is 4.07. The summed E-state index contributed by atoms with van der Waals surface area (Å²) >= 11 is 0. The van der Waals surface area contributed by atoms with E-state index in [1.165, 1.54) is 0 Å². The summed E-state index contributed by atoms with van der Waals surface area (Å²) in [7, 11) is 0. The zero-order valence-electron chi connectivity index (χ0n) is 10.6. The van der Waals surface area contributed by atoms with E-state index in [0.29, 0.717) is 6.92 Å². The van der Waals surface area contributed by atoms with Crippen LogP contribution in [0, 0.1) is 6.61 Å². The summed E-state index contributed by atoms with van der Waals surface area (Å²) in [6.07, 6.45) is -12.7. The smallest absolute Gasteiger partial charge is 0.243 e. The molecule has 0 fully saturated rings. The molecule has 23 heavy (non-hydrogen) atoms. The fourth-order valence-corrected chi connectivity index (χ4v) is 1.20. The van der Waals surface area contributed by atoms with Crippen molar-refractivity contribution in [3.05, 3.63) is 6.61 Å². The molecule has 0 aromatic heterocycles. The Balaban J connectivity index is 6.03. The van der Waals surface area contributed by atoms with Gasteiger partial charge in [-0.15, -0.1) is 0 Å². The van der Waals surface area contributed by atoms with E-state index in [9.17, 15) is 57.1 Å². The zero-order valence-corrected chi connectivity index (χ0v) is 10.6. The molecule has 1 atom stereocenters. The molecule has 0 spiro atoms. The topological polar surface area (TPSA) is 9.23 Å². The number of ether oxygens (including phenoxy) is 1. The third kappa shape index (κ3) is 3.31. The van der Waals surface area contributed by atoms with Crippen molar-refractivity contribution in [1.82, 2.24) is 0 Å². The Hall–Kier alpha value is -0.950. The molecule has 0 rings (SSSR count). The lowest BCUT2D eigenvalue weighted by molar-refractivity contribution is -0.453. The fraction of sp³-hybridized carbons (Fsp3) is 0.889. The molecular formula is C9H6F13O. The Kier molecular flexibility index (Phi) is 5.91. The average Bonchev–Trinajstić information content (AvgIpc) is 2.34. The van der Waals surface area contributed by atoms with Gasteiger partial charge in [-0.1, -0.05) is 6.92 Å². The third-order valence-corrected chi connectivity index (χ3v) is 2.53. The molecule has 1 nitrogen and oxygen atoms in total. The van der Waals surface area contributed by atoms with E-state index < -0.39 is 49.0 Å². The van der Waals surface area contributed by atoms with Gasteiger partial charge >= 0.3 is 36.4 Å². The van der Waals surface area contributed by atoms with Gasteiger partial charge in [0.2, 0.25) is 0 Å². The first-order valence-corrected chi connectivity index (χ1v) is 5.30. The number of rotatable bonds is 8. The molecule has 139 valence electrons. The first kappa shape index (κ1) is 22.1. The van der Waals surface area contributed by atoms with Crippen LogP contribution in [0.4, 0.5) is 57.1 Å². The maximum Gasteiger partial charge on any atom is 0.453 e. The first-order valence-electron chi connectivity index (χ1n) is 5.30. The van der Waals surface area contributed by atoms with Crippen LogP contribution in [0.3, 0.4) is 0 Å². The maximum absolute atomic E-state index is 13.0. The lowest BCUT2D eigenvalue weighted by Gasteiger charge is -2.39. The Morgan fingerprint density at radius 3 is 1.48 bits per heavy atom. The molecule has 1 radical (unpaired) electrons. The molecular weight excluding hydrogens is 371 g/mol. The Labute approximate surface area is 119 Å². The average molecular weight is 377 g/mol. The Bertz CT molecular complexity index is 404. The monoisotopic (exact) mass is 377 g/mol. The van der Waals surface area contributed by atoms with Crippen LogP contribution in [-0.4, -0.2) is 36.0 Å². The van der Waals surface area contributed by atoms with Gasteiger partial charge in [-0.05, 0) is 6.42 Å². The van der Waals surface area contributed by atoms with E-state index in [0.717, 1.165) is 0 Å². The minimum absolute atomic E-state index is 0.441. The van der Waals surface area contributed by atoms with Crippen LogP contribution in [0.1, 0.15) is 13.3 Å². The molecule has 0 heterocycles.